The van der Waals surface area contributed by atoms with Crippen LogP contribution in [0.15, 0.2) is 41.2 Å². The molecule has 4 rings (SSSR count). The monoisotopic (exact) mass is 456 g/mol. The Balaban J connectivity index is 1.62. The number of aryl methyl sites for hydroxylation is 2. The minimum absolute atomic E-state index is 0.149. The van der Waals surface area contributed by atoms with Gasteiger partial charge in [0.05, 0.1) is 27.7 Å². The zero-order valence-corrected chi connectivity index (χ0v) is 18.9. The number of aromatic nitrogens is 6. The van der Waals surface area contributed by atoms with Gasteiger partial charge in [0.2, 0.25) is 0 Å². The van der Waals surface area contributed by atoms with E-state index in [4.69, 9.17) is 16.3 Å². The number of tetrazole rings is 1. The lowest BCUT2D eigenvalue weighted by molar-refractivity contribution is 0.299. The minimum Gasteiger partial charge on any atom is -0.487 e. The van der Waals surface area contributed by atoms with Crippen molar-refractivity contribution in [3.8, 4) is 17.1 Å². The van der Waals surface area contributed by atoms with E-state index in [-0.39, 0.29) is 17.9 Å². The Morgan fingerprint density at radius 2 is 1.88 bits per heavy atom. The highest BCUT2D eigenvalue weighted by Crippen LogP contribution is 2.30. The van der Waals surface area contributed by atoms with Crippen molar-refractivity contribution in [2.24, 2.45) is 7.05 Å². The molecule has 0 aliphatic rings. The Labute approximate surface area is 188 Å². The van der Waals surface area contributed by atoms with E-state index < -0.39 is 11.5 Å². The van der Waals surface area contributed by atoms with E-state index in [9.17, 15) is 9.18 Å². The Morgan fingerprint density at radius 1 is 1.09 bits per heavy atom. The first-order valence-electron chi connectivity index (χ1n) is 10.1. The topological polar surface area (TPSA) is 79.8 Å². The standard InChI is InChI=1S/C22H22ClFN6O2/c1-5-16-13(2)25-29(14(16)3)15-9-10-21(18(23)11-15)32-12-17-19(24)7-6-8-20(17)30-22(31)28(4)26-27-30/h6-11H,5,12H2,1-4H3. The van der Waals surface area contributed by atoms with Crippen LogP contribution in [0.3, 0.4) is 0 Å². The molecule has 2 aromatic carbocycles. The van der Waals surface area contributed by atoms with Crippen LogP contribution in [0.1, 0.15) is 29.4 Å². The van der Waals surface area contributed by atoms with Crippen LogP contribution in [-0.4, -0.2) is 29.6 Å². The molecule has 0 radical (unpaired) electrons. The summed E-state index contributed by atoms with van der Waals surface area (Å²) in [5, 5.41) is 12.4. The SMILES string of the molecule is CCc1c(C)nn(-c2ccc(OCc3c(F)cccc3-n3nnn(C)c3=O)c(Cl)c2)c1C. The maximum absolute atomic E-state index is 14.6. The van der Waals surface area contributed by atoms with Crippen molar-refractivity contribution in [3.63, 3.8) is 0 Å². The molecule has 2 heterocycles. The van der Waals surface area contributed by atoms with E-state index in [1.54, 1.807) is 18.2 Å². The van der Waals surface area contributed by atoms with Crippen LogP contribution in [0.25, 0.3) is 11.4 Å². The van der Waals surface area contributed by atoms with Gasteiger partial charge < -0.3 is 4.74 Å². The smallest absolute Gasteiger partial charge is 0.368 e. The quantitative estimate of drug-likeness (QED) is 0.442. The van der Waals surface area contributed by atoms with Crippen molar-refractivity contribution in [2.75, 3.05) is 0 Å². The summed E-state index contributed by atoms with van der Waals surface area (Å²) in [5.41, 5.74) is 3.98. The van der Waals surface area contributed by atoms with E-state index in [0.717, 1.165) is 32.9 Å². The van der Waals surface area contributed by atoms with E-state index in [1.807, 2.05) is 24.6 Å². The van der Waals surface area contributed by atoms with Crippen LogP contribution in [0.5, 0.6) is 5.75 Å². The Hall–Kier alpha value is -3.46. The van der Waals surface area contributed by atoms with E-state index >= 15 is 0 Å². The minimum atomic E-state index is -0.525. The highest BCUT2D eigenvalue weighted by Gasteiger charge is 2.17. The van der Waals surface area contributed by atoms with Crippen molar-refractivity contribution in [1.29, 1.82) is 0 Å². The molecule has 0 fully saturated rings. The molecule has 0 unspecified atom stereocenters. The summed E-state index contributed by atoms with van der Waals surface area (Å²) >= 11 is 6.46. The third-order valence-corrected chi connectivity index (χ3v) is 5.67. The molecular formula is C22H22ClFN6O2. The predicted molar refractivity (Wildman–Crippen MR) is 118 cm³/mol. The maximum atomic E-state index is 14.6. The van der Waals surface area contributed by atoms with Crippen molar-refractivity contribution in [1.82, 2.24) is 29.6 Å². The van der Waals surface area contributed by atoms with Gasteiger partial charge in [-0.25, -0.2) is 13.9 Å². The van der Waals surface area contributed by atoms with E-state index in [1.165, 1.54) is 24.7 Å². The second-order valence-electron chi connectivity index (χ2n) is 7.35. The lowest BCUT2D eigenvalue weighted by atomic mass is 10.1. The number of halogens is 2. The van der Waals surface area contributed by atoms with Crippen LogP contribution in [0, 0.1) is 19.7 Å². The summed E-state index contributed by atoms with van der Waals surface area (Å²) in [7, 11) is 1.47. The van der Waals surface area contributed by atoms with Crippen molar-refractivity contribution in [2.45, 2.75) is 33.8 Å². The zero-order valence-electron chi connectivity index (χ0n) is 18.1. The summed E-state index contributed by atoms with van der Waals surface area (Å²) in [5.74, 6) is -0.143. The van der Waals surface area contributed by atoms with E-state index in [0.29, 0.717) is 10.8 Å². The largest absolute Gasteiger partial charge is 0.487 e. The lowest BCUT2D eigenvalue weighted by Gasteiger charge is -2.13. The van der Waals surface area contributed by atoms with E-state index in [2.05, 4.69) is 22.4 Å². The van der Waals surface area contributed by atoms with Gasteiger partial charge in [-0.1, -0.05) is 24.6 Å². The molecule has 0 saturated heterocycles. The van der Waals surface area contributed by atoms with Crippen molar-refractivity contribution in [3.05, 3.63) is 80.2 Å². The number of rotatable bonds is 6. The fourth-order valence-corrected chi connectivity index (χ4v) is 3.91. The number of hydrogen-bond acceptors (Lipinski definition) is 5. The van der Waals surface area contributed by atoms with Crippen LogP contribution in [0.2, 0.25) is 5.02 Å². The Morgan fingerprint density at radius 3 is 2.50 bits per heavy atom. The van der Waals surface area contributed by atoms with Gasteiger partial charge in [-0.3, -0.25) is 0 Å². The highest BCUT2D eigenvalue weighted by atomic mass is 35.5. The molecule has 0 bridgehead atoms. The molecule has 4 aromatic rings. The predicted octanol–water partition coefficient (Wildman–Crippen LogP) is 3.70. The molecule has 0 saturated carbocycles. The average molecular weight is 457 g/mol. The van der Waals surface area contributed by atoms with Gasteiger partial charge in [-0.15, -0.1) is 0 Å². The lowest BCUT2D eigenvalue weighted by Crippen LogP contribution is -2.23. The molecule has 0 spiro atoms. The van der Waals surface area contributed by atoms with Gasteiger partial charge in [0.25, 0.3) is 0 Å². The molecule has 0 N–H and O–H groups in total. The van der Waals surface area contributed by atoms with Gasteiger partial charge in [0.15, 0.2) is 0 Å². The molecule has 0 aliphatic heterocycles. The molecule has 0 amide bonds. The second-order valence-corrected chi connectivity index (χ2v) is 7.76. The van der Waals surface area contributed by atoms with Crippen molar-refractivity contribution < 1.29 is 9.13 Å². The normalized spacial score (nSPS) is 11.2. The molecule has 8 nitrogen and oxygen atoms in total. The first-order chi connectivity index (χ1) is 15.3. The summed E-state index contributed by atoms with van der Waals surface area (Å²) < 4.78 is 24.3. The first kappa shape index (κ1) is 21.8. The van der Waals surface area contributed by atoms with Gasteiger partial charge in [-0.2, -0.15) is 14.5 Å². The fourth-order valence-electron chi connectivity index (χ4n) is 3.68. The van der Waals surface area contributed by atoms with Crippen LogP contribution < -0.4 is 10.4 Å². The summed E-state index contributed by atoms with van der Waals surface area (Å²) in [4.78, 5) is 12.2. The molecule has 0 aliphatic carbocycles. The first-order valence-corrected chi connectivity index (χ1v) is 10.4. The molecule has 166 valence electrons. The number of ether oxygens (including phenoxy) is 1. The van der Waals surface area contributed by atoms with Gasteiger partial charge >= 0.3 is 5.69 Å². The molecular weight excluding hydrogens is 435 g/mol. The van der Waals surface area contributed by atoms with Gasteiger partial charge in [-0.05, 0) is 66.6 Å². The summed E-state index contributed by atoms with van der Waals surface area (Å²) in [6, 6.07) is 9.69. The molecule has 0 atom stereocenters. The molecule has 32 heavy (non-hydrogen) atoms. The average Bonchev–Trinajstić information content (AvgIpc) is 3.25. The Kier molecular flexibility index (Phi) is 5.84. The van der Waals surface area contributed by atoms with Crippen LogP contribution in [0.4, 0.5) is 4.39 Å². The number of nitrogens with zero attached hydrogens (tertiary/aromatic N) is 6. The number of benzene rings is 2. The van der Waals surface area contributed by atoms with Crippen LogP contribution >= 0.6 is 11.6 Å². The van der Waals surface area contributed by atoms with Gasteiger partial charge in [0, 0.05) is 12.7 Å². The van der Waals surface area contributed by atoms with Crippen molar-refractivity contribution >= 4 is 11.6 Å². The molecule has 2 aromatic heterocycles. The fraction of sp³-hybridized carbons (Fsp3) is 0.273. The molecule has 10 heteroatoms. The third-order valence-electron chi connectivity index (χ3n) is 5.37. The van der Waals surface area contributed by atoms with Crippen LogP contribution in [-0.2, 0) is 20.1 Å². The third kappa shape index (κ3) is 3.80. The highest BCUT2D eigenvalue weighted by molar-refractivity contribution is 6.32. The summed E-state index contributed by atoms with van der Waals surface area (Å²) in [6.07, 6.45) is 0.895. The van der Waals surface area contributed by atoms with Gasteiger partial charge in [0.1, 0.15) is 18.2 Å². The zero-order chi connectivity index (χ0) is 23.0. The summed E-state index contributed by atoms with van der Waals surface area (Å²) in [6.45, 7) is 5.95. The Bertz CT molecular complexity index is 1360. The maximum Gasteiger partial charge on any atom is 0.368 e. The second kappa shape index (κ2) is 8.58. The number of hydrogen-bond donors (Lipinski definition) is 0.